The highest BCUT2D eigenvalue weighted by Crippen LogP contribution is 2.33. The molecule has 1 aliphatic rings. The molecule has 1 aromatic carbocycles. The smallest absolute Gasteiger partial charge is 0.128 e. The molecule has 1 fully saturated rings. The van der Waals surface area contributed by atoms with Crippen LogP contribution in [0.15, 0.2) is 42.6 Å². The van der Waals surface area contributed by atoms with Crippen LogP contribution in [0, 0.1) is 0 Å². The number of thioether (sulfide) groups is 1. The summed E-state index contributed by atoms with van der Waals surface area (Å²) in [5.41, 5.74) is 2.65. The third kappa shape index (κ3) is 4.10. The molecule has 2 heterocycles. The first-order chi connectivity index (χ1) is 12.1. The molecule has 0 amide bonds. The Bertz CT molecular complexity index is 672. The Balaban J connectivity index is 1.79. The van der Waals surface area contributed by atoms with E-state index >= 15 is 0 Å². The second-order valence-electron chi connectivity index (χ2n) is 6.77. The van der Waals surface area contributed by atoms with Crippen molar-refractivity contribution in [3.8, 4) is 5.75 Å². The van der Waals surface area contributed by atoms with Gasteiger partial charge < -0.3 is 14.5 Å². The molecule has 4 nitrogen and oxygen atoms in total. The predicted octanol–water partition coefficient (Wildman–Crippen LogP) is 3.49. The highest BCUT2D eigenvalue weighted by molar-refractivity contribution is 7.97. The molecule has 1 aliphatic heterocycles. The molecular weight excluding hydrogens is 330 g/mol. The van der Waals surface area contributed by atoms with Crippen LogP contribution < -0.4 is 9.64 Å². The second kappa shape index (κ2) is 8.11. The van der Waals surface area contributed by atoms with E-state index in [4.69, 9.17) is 9.72 Å². The predicted molar refractivity (Wildman–Crippen MR) is 107 cm³/mol. The summed E-state index contributed by atoms with van der Waals surface area (Å²) in [6, 6.07) is 13.3. The summed E-state index contributed by atoms with van der Waals surface area (Å²) in [6.45, 7) is 1.99. The molecule has 0 radical (unpaired) electrons. The van der Waals surface area contributed by atoms with E-state index in [1.54, 1.807) is 7.11 Å². The zero-order chi connectivity index (χ0) is 17.8. The minimum atomic E-state index is 0.466. The summed E-state index contributed by atoms with van der Waals surface area (Å²) in [6.07, 6.45) is 4.13. The largest absolute Gasteiger partial charge is 0.497 e. The average Bonchev–Trinajstić information content (AvgIpc) is 3.08. The van der Waals surface area contributed by atoms with Gasteiger partial charge in [-0.05, 0) is 49.7 Å². The standard InChI is InChI=1S/C20H27N3OS/c1-22(2)19-13-23(20-10-5-15(11-21-20)14-25-4)12-18(19)16-6-8-17(24-3)9-7-16/h5-11,18-19H,12-14H2,1-4H3/t18-,19+/m0/s1. The third-order valence-corrected chi connectivity index (χ3v) is 5.56. The Hall–Kier alpha value is -1.72. The van der Waals surface area contributed by atoms with E-state index < -0.39 is 0 Å². The number of nitrogens with zero attached hydrogens (tertiary/aromatic N) is 3. The van der Waals surface area contributed by atoms with Crippen LogP contribution in [0.5, 0.6) is 5.75 Å². The SMILES string of the molecule is COc1ccc([C@@H]2CN(c3ccc(CSC)cn3)C[C@H]2N(C)C)cc1. The Morgan fingerprint density at radius 2 is 1.92 bits per heavy atom. The molecule has 0 bridgehead atoms. The lowest BCUT2D eigenvalue weighted by atomic mass is 9.93. The first-order valence-electron chi connectivity index (χ1n) is 8.61. The quantitative estimate of drug-likeness (QED) is 0.789. The molecule has 0 spiro atoms. The van der Waals surface area contributed by atoms with Crippen molar-refractivity contribution in [3.63, 3.8) is 0 Å². The van der Waals surface area contributed by atoms with Gasteiger partial charge in [0.1, 0.15) is 11.6 Å². The summed E-state index contributed by atoms with van der Waals surface area (Å²) in [5.74, 6) is 3.47. The normalized spacial score (nSPS) is 20.3. The summed E-state index contributed by atoms with van der Waals surface area (Å²) < 4.78 is 5.30. The van der Waals surface area contributed by atoms with Crippen molar-refractivity contribution in [2.75, 3.05) is 45.5 Å². The van der Waals surface area contributed by atoms with E-state index in [1.807, 2.05) is 18.0 Å². The van der Waals surface area contributed by atoms with Gasteiger partial charge in [-0.15, -0.1) is 0 Å². The molecule has 0 aliphatic carbocycles. The van der Waals surface area contributed by atoms with Crippen molar-refractivity contribution >= 4 is 17.6 Å². The van der Waals surface area contributed by atoms with Crippen molar-refractivity contribution in [2.45, 2.75) is 17.7 Å². The van der Waals surface area contributed by atoms with Crippen LogP contribution in [0.2, 0.25) is 0 Å². The van der Waals surface area contributed by atoms with Gasteiger partial charge in [0.2, 0.25) is 0 Å². The molecule has 0 N–H and O–H groups in total. The van der Waals surface area contributed by atoms with Gasteiger partial charge in [0.05, 0.1) is 7.11 Å². The van der Waals surface area contributed by atoms with E-state index in [0.717, 1.165) is 30.4 Å². The van der Waals surface area contributed by atoms with E-state index in [9.17, 15) is 0 Å². The maximum absolute atomic E-state index is 5.30. The number of ether oxygens (including phenoxy) is 1. The topological polar surface area (TPSA) is 28.6 Å². The van der Waals surface area contributed by atoms with E-state index in [-0.39, 0.29) is 0 Å². The van der Waals surface area contributed by atoms with Crippen molar-refractivity contribution in [1.82, 2.24) is 9.88 Å². The van der Waals surface area contributed by atoms with Crippen LogP contribution in [-0.2, 0) is 5.75 Å². The number of benzene rings is 1. The van der Waals surface area contributed by atoms with Crippen molar-refractivity contribution in [3.05, 3.63) is 53.7 Å². The lowest BCUT2D eigenvalue weighted by Gasteiger charge is -2.25. The number of pyridine rings is 1. The number of hydrogen-bond acceptors (Lipinski definition) is 5. The molecule has 1 aromatic heterocycles. The fourth-order valence-electron chi connectivity index (χ4n) is 3.53. The minimum Gasteiger partial charge on any atom is -0.497 e. The number of likely N-dealkylation sites (N-methyl/N-ethyl adjacent to an activating group) is 1. The van der Waals surface area contributed by atoms with Gasteiger partial charge in [-0.3, -0.25) is 0 Å². The zero-order valence-corrected chi connectivity index (χ0v) is 16.3. The highest BCUT2D eigenvalue weighted by atomic mass is 32.2. The molecule has 25 heavy (non-hydrogen) atoms. The molecule has 2 aromatic rings. The number of rotatable bonds is 6. The van der Waals surface area contributed by atoms with Gasteiger partial charge in [0, 0.05) is 37.0 Å². The molecular formula is C20H27N3OS. The van der Waals surface area contributed by atoms with Gasteiger partial charge in [-0.2, -0.15) is 11.8 Å². The van der Waals surface area contributed by atoms with Crippen LogP contribution in [0.3, 0.4) is 0 Å². The molecule has 3 rings (SSSR count). The lowest BCUT2D eigenvalue weighted by molar-refractivity contribution is 0.292. The minimum absolute atomic E-state index is 0.466. The molecule has 0 unspecified atom stereocenters. The molecule has 0 saturated carbocycles. The Morgan fingerprint density at radius 3 is 2.48 bits per heavy atom. The number of hydrogen-bond donors (Lipinski definition) is 0. The van der Waals surface area contributed by atoms with Gasteiger partial charge in [-0.25, -0.2) is 4.98 Å². The monoisotopic (exact) mass is 357 g/mol. The Labute approximate surface area is 155 Å². The fraction of sp³-hybridized carbons (Fsp3) is 0.450. The fourth-order valence-corrected chi connectivity index (χ4v) is 4.04. The van der Waals surface area contributed by atoms with Gasteiger partial charge in [-0.1, -0.05) is 18.2 Å². The van der Waals surface area contributed by atoms with Crippen LogP contribution in [0.25, 0.3) is 0 Å². The zero-order valence-electron chi connectivity index (χ0n) is 15.5. The number of methoxy groups -OCH3 is 1. The Morgan fingerprint density at radius 1 is 1.16 bits per heavy atom. The molecule has 5 heteroatoms. The van der Waals surface area contributed by atoms with Crippen molar-refractivity contribution in [1.29, 1.82) is 0 Å². The van der Waals surface area contributed by atoms with E-state index in [0.29, 0.717) is 12.0 Å². The molecule has 1 saturated heterocycles. The van der Waals surface area contributed by atoms with Crippen molar-refractivity contribution < 1.29 is 4.74 Å². The number of aromatic nitrogens is 1. The van der Waals surface area contributed by atoms with Gasteiger partial charge >= 0.3 is 0 Å². The number of anilines is 1. The first-order valence-corrected chi connectivity index (χ1v) is 10.0. The summed E-state index contributed by atoms with van der Waals surface area (Å²) in [5, 5.41) is 0. The summed E-state index contributed by atoms with van der Waals surface area (Å²) >= 11 is 1.83. The van der Waals surface area contributed by atoms with Gasteiger partial charge in [0.25, 0.3) is 0 Å². The Kier molecular flexibility index (Phi) is 5.86. The van der Waals surface area contributed by atoms with Crippen LogP contribution in [-0.4, -0.2) is 56.5 Å². The maximum atomic E-state index is 5.30. The van der Waals surface area contributed by atoms with Crippen LogP contribution in [0.1, 0.15) is 17.0 Å². The summed E-state index contributed by atoms with van der Waals surface area (Å²) in [4.78, 5) is 9.44. The van der Waals surface area contributed by atoms with Crippen molar-refractivity contribution in [2.24, 2.45) is 0 Å². The van der Waals surface area contributed by atoms with Crippen LogP contribution in [0.4, 0.5) is 5.82 Å². The molecule has 2 atom stereocenters. The molecule has 134 valence electrons. The van der Waals surface area contributed by atoms with E-state index in [1.165, 1.54) is 11.1 Å². The average molecular weight is 358 g/mol. The highest BCUT2D eigenvalue weighted by Gasteiger charge is 2.35. The van der Waals surface area contributed by atoms with Crippen LogP contribution >= 0.6 is 11.8 Å². The first kappa shape index (κ1) is 18.1. The summed E-state index contributed by atoms with van der Waals surface area (Å²) in [7, 11) is 6.04. The maximum Gasteiger partial charge on any atom is 0.128 e. The lowest BCUT2D eigenvalue weighted by Crippen LogP contribution is -2.34. The van der Waals surface area contributed by atoms with E-state index in [2.05, 4.69) is 66.5 Å². The third-order valence-electron chi connectivity index (χ3n) is 4.94. The van der Waals surface area contributed by atoms with Gasteiger partial charge in [0.15, 0.2) is 0 Å². The second-order valence-corrected chi connectivity index (χ2v) is 7.64.